The summed E-state index contributed by atoms with van der Waals surface area (Å²) in [6.45, 7) is 5.92. The summed E-state index contributed by atoms with van der Waals surface area (Å²) in [7, 11) is 0. The number of benzene rings is 2. The normalized spacial score (nSPS) is 15.8. The van der Waals surface area contributed by atoms with E-state index in [-0.39, 0.29) is 12.1 Å². The molecule has 0 bridgehead atoms. The molecule has 0 amide bonds. The number of carbonyl (C=O) groups excluding carboxylic acids is 1. The molecule has 1 fully saturated rings. The highest BCUT2D eigenvalue weighted by molar-refractivity contribution is 5.81. The SMILES string of the molecule is CCOC(=O)/C=C/C1CCN(CCOC(c2ccccc2)c2ccccc2)CC1. The van der Waals surface area contributed by atoms with Crippen molar-refractivity contribution >= 4 is 5.97 Å². The van der Waals surface area contributed by atoms with E-state index >= 15 is 0 Å². The maximum absolute atomic E-state index is 11.5. The molecule has 1 aliphatic rings. The number of piperidine rings is 1. The lowest BCUT2D eigenvalue weighted by molar-refractivity contribution is -0.137. The van der Waals surface area contributed by atoms with Crippen molar-refractivity contribution in [2.75, 3.05) is 32.8 Å². The van der Waals surface area contributed by atoms with Crippen molar-refractivity contribution in [3.05, 3.63) is 83.9 Å². The fourth-order valence-corrected chi connectivity index (χ4v) is 3.71. The molecule has 1 saturated heterocycles. The van der Waals surface area contributed by atoms with Crippen LogP contribution in [0.3, 0.4) is 0 Å². The fraction of sp³-hybridized carbons (Fsp3) is 0.400. The molecule has 154 valence electrons. The lowest BCUT2D eigenvalue weighted by Crippen LogP contribution is -2.35. The summed E-state index contributed by atoms with van der Waals surface area (Å²) >= 11 is 0. The maximum atomic E-state index is 11.5. The molecule has 0 aliphatic carbocycles. The van der Waals surface area contributed by atoms with Gasteiger partial charge in [0.15, 0.2) is 0 Å². The molecule has 0 unspecified atom stereocenters. The molecule has 0 spiro atoms. The zero-order valence-corrected chi connectivity index (χ0v) is 17.2. The number of carbonyl (C=O) groups is 1. The third kappa shape index (κ3) is 6.84. The van der Waals surface area contributed by atoms with Crippen molar-refractivity contribution in [1.29, 1.82) is 0 Å². The van der Waals surface area contributed by atoms with E-state index in [1.54, 1.807) is 6.08 Å². The van der Waals surface area contributed by atoms with Crippen LogP contribution in [0.1, 0.15) is 37.0 Å². The summed E-state index contributed by atoms with van der Waals surface area (Å²) in [5, 5.41) is 0. The molecule has 3 rings (SSSR count). The number of likely N-dealkylation sites (tertiary alicyclic amines) is 1. The van der Waals surface area contributed by atoms with Crippen LogP contribution in [0.15, 0.2) is 72.8 Å². The van der Waals surface area contributed by atoms with Gasteiger partial charge in [0.25, 0.3) is 0 Å². The van der Waals surface area contributed by atoms with Gasteiger partial charge >= 0.3 is 5.97 Å². The quantitative estimate of drug-likeness (QED) is 0.460. The van der Waals surface area contributed by atoms with Crippen LogP contribution >= 0.6 is 0 Å². The minimum absolute atomic E-state index is 0.0394. The maximum Gasteiger partial charge on any atom is 0.330 e. The predicted octanol–water partition coefficient (Wildman–Crippen LogP) is 4.62. The molecule has 4 heteroatoms. The number of ether oxygens (including phenoxy) is 2. The summed E-state index contributed by atoms with van der Waals surface area (Å²) in [5.74, 6) is 0.217. The van der Waals surface area contributed by atoms with Crippen LogP contribution in [-0.4, -0.2) is 43.7 Å². The third-order valence-electron chi connectivity index (χ3n) is 5.32. The molecule has 0 aromatic heterocycles. The van der Waals surface area contributed by atoms with E-state index in [9.17, 15) is 4.79 Å². The second kappa shape index (κ2) is 11.5. The van der Waals surface area contributed by atoms with E-state index < -0.39 is 0 Å². The average molecular weight is 394 g/mol. The number of hydrogen-bond acceptors (Lipinski definition) is 4. The Morgan fingerprint density at radius 1 is 1.03 bits per heavy atom. The third-order valence-corrected chi connectivity index (χ3v) is 5.32. The minimum Gasteiger partial charge on any atom is -0.463 e. The Morgan fingerprint density at radius 2 is 1.62 bits per heavy atom. The van der Waals surface area contributed by atoms with E-state index in [1.807, 2.05) is 25.1 Å². The highest BCUT2D eigenvalue weighted by Gasteiger charge is 2.19. The Bertz CT molecular complexity index is 713. The molecule has 2 aromatic carbocycles. The zero-order chi connectivity index (χ0) is 20.3. The van der Waals surface area contributed by atoms with Crippen molar-refractivity contribution < 1.29 is 14.3 Å². The lowest BCUT2D eigenvalue weighted by atomic mass is 9.96. The molecule has 1 heterocycles. The van der Waals surface area contributed by atoms with Crippen molar-refractivity contribution in [3.63, 3.8) is 0 Å². The number of esters is 1. The lowest BCUT2D eigenvalue weighted by Gasteiger charge is -2.31. The number of hydrogen-bond donors (Lipinski definition) is 0. The number of rotatable bonds is 9. The Labute approximate surface area is 174 Å². The Kier molecular flexibility index (Phi) is 8.47. The molecule has 2 aromatic rings. The van der Waals surface area contributed by atoms with Crippen LogP contribution in [0.2, 0.25) is 0 Å². The van der Waals surface area contributed by atoms with Gasteiger partial charge in [-0.05, 0) is 49.9 Å². The monoisotopic (exact) mass is 393 g/mol. The first-order chi connectivity index (χ1) is 14.3. The number of allylic oxidation sites excluding steroid dienone is 1. The first-order valence-corrected chi connectivity index (χ1v) is 10.5. The summed E-state index contributed by atoms with van der Waals surface area (Å²) < 4.78 is 11.3. The molecule has 0 N–H and O–H groups in total. The average Bonchev–Trinajstić information content (AvgIpc) is 2.77. The van der Waals surface area contributed by atoms with Crippen LogP contribution in [0, 0.1) is 5.92 Å². The van der Waals surface area contributed by atoms with Gasteiger partial charge in [-0.1, -0.05) is 66.7 Å². The minimum atomic E-state index is -0.240. The van der Waals surface area contributed by atoms with Crippen molar-refractivity contribution in [2.24, 2.45) is 5.92 Å². The van der Waals surface area contributed by atoms with Crippen LogP contribution in [-0.2, 0) is 14.3 Å². The first kappa shape index (κ1) is 21.3. The van der Waals surface area contributed by atoms with Crippen molar-refractivity contribution in [1.82, 2.24) is 4.90 Å². The van der Waals surface area contributed by atoms with E-state index in [0.717, 1.165) is 32.5 Å². The van der Waals surface area contributed by atoms with Gasteiger partial charge in [0.1, 0.15) is 6.10 Å². The van der Waals surface area contributed by atoms with E-state index in [2.05, 4.69) is 53.4 Å². The molecule has 0 radical (unpaired) electrons. The standard InChI is InChI=1S/C25H31NO3/c1-2-28-24(27)14-13-21-15-17-26(18-16-21)19-20-29-25(22-9-5-3-6-10-22)23-11-7-4-8-12-23/h3-14,21,25H,2,15-20H2,1H3/b14-13+. The van der Waals surface area contributed by atoms with Crippen LogP contribution in [0.25, 0.3) is 0 Å². The van der Waals surface area contributed by atoms with Gasteiger partial charge in [0, 0.05) is 12.6 Å². The largest absolute Gasteiger partial charge is 0.463 e. The second-order valence-electron chi connectivity index (χ2n) is 7.36. The van der Waals surface area contributed by atoms with Gasteiger partial charge in [-0.2, -0.15) is 0 Å². The van der Waals surface area contributed by atoms with Gasteiger partial charge in [0.2, 0.25) is 0 Å². The van der Waals surface area contributed by atoms with Crippen LogP contribution in [0.5, 0.6) is 0 Å². The topological polar surface area (TPSA) is 38.8 Å². The van der Waals surface area contributed by atoms with E-state index in [0.29, 0.717) is 19.1 Å². The van der Waals surface area contributed by atoms with Gasteiger partial charge < -0.3 is 14.4 Å². The van der Waals surface area contributed by atoms with Gasteiger partial charge in [0.05, 0.1) is 13.2 Å². The van der Waals surface area contributed by atoms with Crippen molar-refractivity contribution in [3.8, 4) is 0 Å². The summed E-state index contributed by atoms with van der Waals surface area (Å²) in [4.78, 5) is 13.9. The van der Waals surface area contributed by atoms with Crippen LogP contribution in [0.4, 0.5) is 0 Å². The van der Waals surface area contributed by atoms with Gasteiger partial charge in [-0.15, -0.1) is 0 Å². The van der Waals surface area contributed by atoms with E-state index in [4.69, 9.17) is 9.47 Å². The first-order valence-electron chi connectivity index (χ1n) is 10.5. The molecule has 0 saturated carbocycles. The van der Waals surface area contributed by atoms with Crippen molar-refractivity contribution in [2.45, 2.75) is 25.9 Å². The van der Waals surface area contributed by atoms with Gasteiger partial charge in [-0.25, -0.2) is 4.79 Å². The zero-order valence-electron chi connectivity index (χ0n) is 17.2. The summed E-state index contributed by atoms with van der Waals surface area (Å²) in [5.41, 5.74) is 2.36. The number of nitrogens with zero attached hydrogens (tertiary/aromatic N) is 1. The molecular formula is C25H31NO3. The van der Waals surface area contributed by atoms with Crippen LogP contribution < -0.4 is 0 Å². The molecule has 4 nitrogen and oxygen atoms in total. The Morgan fingerprint density at radius 3 is 2.17 bits per heavy atom. The highest BCUT2D eigenvalue weighted by Crippen LogP contribution is 2.26. The predicted molar refractivity (Wildman–Crippen MR) is 116 cm³/mol. The smallest absolute Gasteiger partial charge is 0.330 e. The van der Waals surface area contributed by atoms with Gasteiger partial charge in [-0.3, -0.25) is 0 Å². The van der Waals surface area contributed by atoms with E-state index in [1.165, 1.54) is 11.1 Å². The Balaban J connectivity index is 1.47. The fourth-order valence-electron chi connectivity index (χ4n) is 3.71. The molecule has 29 heavy (non-hydrogen) atoms. The Hall–Kier alpha value is -2.43. The summed E-state index contributed by atoms with van der Waals surface area (Å²) in [6, 6.07) is 20.8. The molecular weight excluding hydrogens is 362 g/mol. The molecule has 1 aliphatic heterocycles. The summed E-state index contributed by atoms with van der Waals surface area (Å²) in [6.07, 6.45) is 5.68. The second-order valence-corrected chi connectivity index (χ2v) is 7.36. The molecule has 0 atom stereocenters. The highest BCUT2D eigenvalue weighted by atomic mass is 16.5.